The molecule has 4 heterocycles. The number of benzene rings is 6. The van der Waals surface area contributed by atoms with E-state index in [1.165, 1.54) is 0 Å². The lowest BCUT2D eigenvalue weighted by molar-refractivity contribution is -0.126. The molecule has 6 aromatic carbocycles. The van der Waals surface area contributed by atoms with Crippen molar-refractivity contribution >= 4 is 103 Å². The lowest BCUT2D eigenvalue weighted by atomic mass is 9.95. The summed E-state index contributed by atoms with van der Waals surface area (Å²) in [6.45, 7) is 31.4. The van der Waals surface area contributed by atoms with Crippen LogP contribution in [0.5, 0.6) is 11.5 Å². The van der Waals surface area contributed by atoms with Gasteiger partial charge in [0.05, 0.1) is 68.7 Å². The first-order valence-corrected chi connectivity index (χ1v) is 43.4. The minimum Gasteiger partial charge on any atom is -0.455 e. The fourth-order valence-corrected chi connectivity index (χ4v) is 14.7. The maximum Gasteiger partial charge on any atom is 0.149 e. The normalized spacial score (nSPS) is 16.7. The van der Waals surface area contributed by atoms with Gasteiger partial charge in [0.15, 0.2) is 0 Å². The molecule has 7 atom stereocenters. The van der Waals surface area contributed by atoms with Crippen LogP contribution >= 0.6 is 23.5 Å². The average molecular weight is 1690 g/mol. The van der Waals surface area contributed by atoms with E-state index < -0.39 is 0 Å². The van der Waals surface area contributed by atoms with Gasteiger partial charge in [-0.25, -0.2) is 0 Å². The molecule has 22 nitrogen and oxygen atoms in total. The number of hydrogen-bond donors (Lipinski definition) is 6. The van der Waals surface area contributed by atoms with Gasteiger partial charge in [-0.3, -0.25) is 62.6 Å². The zero-order valence-electron chi connectivity index (χ0n) is 77.6. The smallest absolute Gasteiger partial charge is 0.149 e. The van der Waals surface area contributed by atoms with E-state index in [-0.39, 0.29) is 98.6 Å². The zero-order valence-corrected chi connectivity index (χ0v) is 79.2. The van der Waals surface area contributed by atoms with Crippen molar-refractivity contribution in [3.63, 3.8) is 0 Å². The van der Waals surface area contributed by atoms with Crippen molar-refractivity contribution in [1.82, 2.24) is 51.5 Å². The number of rotatable bonds is 26. The summed E-state index contributed by atoms with van der Waals surface area (Å²) in [4.78, 5) is 119. The first-order chi connectivity index (χ1) is 56.3. The van der Waals surface area contributed by atoms with Gasteiger partial charge in [0, 0.05) is 33.5 Å². The van der Waals surface area contributed by atoms with Crippen molar-refractivity contribution in [2.75, 3.05) is 109 Å². The van der Waals surface area contributed by atoms with Crippen LogP contribution in [-0.4, -0.2) is 239 Å². The predicted molar refractivity (Wildman–Crippen MR) is 497 cm³/mol. The number of ether oxygens (including phenoxy) is 1. The molecule has 1 aliphatic carbocycles. The summed E-state index contributed by atoms with van der Waals surface area (Å²) in [7, 11) is 22.4. The van der Waals surface area contributed by atoms with Crippen LogP contribution in [0.2, 0.25) is 0 Å². The van der Waals surface area contributed by atoms with Crippen molar-refractivity contribution in [3.05, 3.63) is 145 Å². The number of carbonyl (C=O) groups is 10. The van der Waals surface area contributed by atoms with Crippen LogP contribution in [0.4, 0.5) is 0 Å². The van der Waals surface area contributed by atoms with Crippen LogP contribution in [0.1, 0.15) is 167 Å². The van der Waals surface area contributed by atoms with Crippen LogP contribution in [0, 0.1) is 0 Å². The fourth-order valence-electron chi connectivity index (χ4n) is 12.4. The Hall–Kier alpha value is -8.08. The van der Waals surface area contributed by atoms with Gasteiger partial charge in [0.1, 0.15) is 80.5 Å². The Bertz CT molecular complexity index is 4390. The highest BCUT2D eigenvalue weighted by atomic mass is 32.2. The monoisotopic (exact) mass is 1690 g/mol. The molecule has 24 heteroatoms. The number of likely N-dealkylation sites (tertiary alicyclic amines) is 1. The molecular weight excluding hydrogens is 1550 g/mol. The summed E-state index contributed by atoms with van der Waals surface area (Å²) >= 11 is 3.56. The third-order valence-corrected chi connectivity index (χ3v) is 24.9. The highest BCUT2D eigenvalue weighted by Gasteiger charge is 2.45. The molecule has 11 rings (SSSR count). The van der Waals surface area contributed by atoms with Crippen molar-refractivity contribution in [3.8, 4) is 33.8 Å². The fraction of sp³-hybridized carbons (Fsp3) is 0.521. The minimum absolute atomic E-state index is 0.0648. The van der Waals surface area contributed by atoms with Crippen LogP contribution in [0.25, 0.3) is 44.2 Å². The van der Waals surface area contributed by atoms with Crippen LogP contribution in [-0.2, 0) is 60.8 Å². The number of fused-ring (bicyclic) bond motifs is 5. The van der Waals surface area contributed by atoms with E-state index in [0.717, 1.165) is 133 Å². The Morgan fingerprint density at radius 1 is 0.567 bits per heavy atom. The maximum absolute atomic E-state index is 11.6. The maximum atomic E-state index is 11.6. The van der Waals surface area contributed by atoms with Gasteiger partial charge in [0.2, 0.25) is 0 Å². The lowest BCUT2D eigenvalue weighted by Crippen LogP contribution is -2.45. The summed E-state index contributed by atoms with van der Waals surface area (Å²) < 4.78 is 12.4. The molecule has 7 aromatic rings. The molecule has 0 bridgehead atoms. The topological polar surface area (TPSA) is 278 Å². The Morgan fingerprint density at radius 2 is 1.06 bits per heavy atom. The minimum atomic E-state index is -0.347. The number of furan rings is 1. The van der Waals surface area contributed by atoms with E-state index in [4.69, 9.17) is 9.15 Å². The van der Waals surface area contributed by atoms with Crippen molar-refractivity contribution in [2.45, 2.75) is 231 Å². The van der Waals surface area contributed by atoms with Crippen LogP contribution in [0.15, 0.2) is 148 Å². The van der Waals surface area contributed by atoms with Gasteiger partial charge >= 0.3 is 0 Å². The molecule has 0 radical (unpaired) electrons. The van der Waals surface area contributed by atoms with E-state index in [1.54, 1.807) is 95.1 Å². The molecule has 6 N–H and O–H groups in total. The van der Waals surface area contributed by atoms with Crippen molar-refractivity contribution in [1.29, 1.82) is 0 Å². The number of thioether (sulfide) groups is 1. The molecule has 1 saturated carbocycles. The number of carbonyl (C=O) groups excluding carboxylic acids is 10. The second kappa shape index (κ2) is 53.1. The second-order valence-electron chi connectivity index (χ2n) is 32.4. The van der Waals surface area contributed by atoms with E-state index in [9.17, 15) is 47.9 Å². The number of likely N-dealkylation sites (N-methyl/N-ethyl adjacent to an activating group) is 10. The van der Waals surface area contributed by atoms with Crippen molar-refractivity contribution in [2.24, 2.45) is 0 Å². The Labute approximate surface area is 726 Å². The Balaban J connectivity index is 0.000000479. The third-order valence-electron chi connectivity index (χ3n) is 22.7. The SMILES string of the molecule is CC(=O)CN(C)C.CC(=O)[C@@H]1CSCN1C.CC(=O)[C@@]1(C)CCCN1C.CC(=O)[C@H](C)N(C)C.CC[C@H](NC)C(C)=O.CC[C@](C)(NC)C(C)=O.CNC(C)(C)C(C)=O.CNC1(C(C)=O)CC1.CN[C@@H](Cc1ccc(-c2cccc3c2Oc2ccccc2S3)cc1)C(C)=O.CN[C@@H](Cc1ccc(-c2cccc3c2oc2ccccc23)cc1)C(C)=O. The number of para-hydroxylation sites is 4. The molecule has 3 aliphatic heterocycles. The Kier molecular flexibility index (Phi) is 47.8. The number of nitrogens with one attached hydrogen (secondary N) is 6. The molecule has 662 valence electrons. The van der Waals surface area contributed by atoms with Gasteiger partial charge in [-0.1, -0.05) is 135 Å². The second-order valence-corrected chi connectivity index (χ2v) is 34.5. The molecule has 0 spiro atoms. The van der Waals surface area contributed by atoms with Crippen LogP contribution < -0.4 is 36.6 Å². The number of hydrogen-bond acceptors (Lipinski definition) is 24. The van der Waals surface area contributed by atoms with Gasteiger partial charge in [0.25, 0.3) is 0 Å². The molecule has 120 heavy (non-hydrogen) atoms. The largest absolute Gasteiger partial charge is 0.455 e. The molecule has 1 aromatic heterocycles. The van der Waals surface area contributed by atoms with Crippen molar-refractivity contribution < 1.29 is 57.1 Å². The molecule has 2 saturated heterocycles. The van der Waals surface area contributed by atoms with Gasteiger partial charge in [-0.15, -0.1) is 11.8 Å². The van der Waals surface area contributed by atoms with Crippen LogP contribution in [0.3, 0.4) is 0 Å². The first-order valence-electron chi connectivity index (χ1n) is 41.4. The molecule has 0 amide bonds. The lowest BCUT2D eigenvalue weighted by Gasteiger charge is -2.28. The summed E-state index contributed by atoms with van der Waals surface area (Å²) in [6, 6.07) is 45.5. The summed E-state index contributed by atoms with van der Waals surface area (Å²) in [5.41, 5.74) is 7.59. The number of ketones is 10. The standard InChI is InChI=1S/C23H21NO2S.C23H21NO2.C8H15NO.C7H15NO.C6H11NOS.C6H11NO.3C6H13NO.C5H11NO/c1-15(25)19(24-2)14-16-10-12-17(13-11-16)18-6-5-9-22-23(18)26-20-7-3-4-8-21(20)27-22;1-15(25)21(24-2)14-16-10-12-17(13-11-16)18-7-5-8-20-19-6-3-4-9-22(19)26-23(18)20;1-7(10)8(2)5-4-6-9(8)3;1-5-7(3,8-4)6(2)9;1-5(8)6-3-9-4-7(6)2;1-5(8)6(7-2)3-4-6;1-5(6(2)8)7(3)4;1-5(8)6(2,3)7-4;1-4-6(7-3)5(2)8;1-5(7)4-6(2)3/h3-13,19,24H,14H2,1-2H3;3-13,21,24H,14H2,1-2H3;4-6H2,1-3H3;8H,5H2,1-4H3;6H,3-4H2,1-2H3;7H,3-4H2,1-2H3;5H,1-4H3;7H,1-4H3;6-7H,4H2,1-3H3;4H2,1-3H3/t19-;21-;8-;7-;6-;;5-;;6-;/m00100.0.0./s1. The van der Waals surface area contributed by atoms with E-state index in [2.05, 4.69) is 139 Å². The summed E-state index contributed by atoms with van der Waals surface area (Å²) in [5, 5.41) is 20.2. The van der Waals surface area contributed by atoms with Gasteiger partial charge in [-0.2, -0.15) is 0 Å². The highest BCUT2D eigenvalue weighted by molar-refractivity contribution is 7.99. The van der Waals surface area contributed by atoms with E-state index in [0.29, 0.717) is 31.0 Å². The number of Topliss-reactive ketones (excluding diaryl/α,β-unsaturated/α-hetero) is 10. The van der Waals surface area contributed by atoms with E-state index >= 15 is 0 Å². The predicted octanol–water partition coefficient (Wildman–Crippen LogP) is 15.0. The van der Waals surface area contributed by atoms with Gasteiger partial charge in [-0.05, 0) is 293 Å². The average Bonchev–Trinajstić information content (AvgIpc) is 1.36. The summed E-state index contributed by atoms with van der Waals surface area (Å²) in [5.74, 6) is 5.99. The first kappa shape index (κ1) is 108. The molecule has 3 fully saturated rings. The van der Waals surface area contributed by atoms with E-state index in [1.807, 2.05) is 177 Å². The quantitative estimate of drug-likeness (QED) is 0.0294. The van der Waals surface area contributed by atoms with Gasteiger partial charge < -0.3 is 46.0 Å². The summed E-state index contributed by atoms with van der Waals surface area (Å²) in [6.07, 6.45) is 7.35. The Morgan fingerprint density at radius 3 is 1.38 bits per heavy atom. The molecular formula is C96H144N10O12S2. The zero-order chi connectivity index (χ0) is 91.2. The third kappa shape index (κ3) is 34.7. The highest BCUT2D eigenvalue weighted by Crippen LogP contribution is 2.50. The number of nitrogens with zero attached hydrogens (tertiary/aromatic N) is 4. The molecule has 4 aliphatic rings. The molecule has 0 unspecified atom stereocenters.